The first kappa shape index (κ1) is 18.4. The maximum absolute atomic E-state index is 12.1. The minimum atomic E-state index is 0.184. The molecular weight excluding hydrogens is 264 g/mol. The second-order valence-electron chi connectivity index (χ2n) is 6.65. The highest BCUT2D eigenvalue weighted by molar-refractivity contribution is 5.78. The first-order valence-corrected chi connectivity index (χ1v) is 8.84. The molecule has 0 aromatic rings. The lowest BCUT2D eigenvalue weighted by atomic mass is 9.90. The zero-order valence-corrected chi connectivity index (χ0v) is 13.9. The van der Waals surface area contributed by atoms with Crippen molar-refractivity contribution in [3.05, 3.63) is 0 Å². The summed E-state index contributed by atoms with van der Waals surface area (Å²) in [5.74, 6) is 0.516. The van der Waals surface area contributed by atoms with Gasteiger partial charge in [0.15, 0.2) is 0 Å². The molecule has 0 atom stereocenters. The Morgan fingerprint density at radius 3 is 2.33 bits per heavy atom. The lowest BCUT2D eigenvalue weighted by Gasteiger charge is -2.19. The quantitative estimate of drug-likeness (QED) is 0.530. The zero-order valence-electron chi connectivity index (χ0n) is 13.9. The van der Waals surface area contributed by atoms with Crippen LogP contribution in [0.4, 0.5) is 0 Å². The molecule has 124 valence electrons. The number of unbranched alkanes of at least 4 members (excludes halogenated alkanes) is 2. The van der Waals surface area contributed by atoms with E-state index in [0.717, 1.165) is 38.6 Å². The van der Waals surface area contributed by atoms with E-state index in [1.54, 1.807) is 0 Å². The Bertz CT molecular complexity index is 274. The van der Waals surface area contributed by atoms with E-state index in [1.807, 2.05) is 13.8 Å². The number of hydroxylamine groups is 2. The third-order valence-electron chi connectivity index (χ3n) is 4.44. The van der Waals surface area contributed by atoms with Gasteiger partial charge in [-0.1, -0.05) is 38.5 Å². The standard InChI is InChI=1S/C17H34N2O2/c1-15(2)19(21)14-10-6-9-13-18-17(20)16-11-7-4-3-5-8-12-16/h15-16,21H,3-14H2,1-2H3,(H,18,20). The van der Waals surface area contributed by atoms with E-state index in [9.17, 15) is 10.0 Å². The zero-order chi connectivity index (χ0) is 15.5. The summed E-state index contributed by atoms with van der Waals surface area (Å²) in [5.41, 5.74) is 0. The van der Waals surface area contributed by atoms with Gasteiger partial charge in [0.1, 0.15) is 0 Å². The van der Waals surface area contributed by atoms with Crippen molar-refractivity contribution in [1.29, 1.82) is 0 Å². The fourth-order valence-electron chi connectivity index (χ4n) is 2.91. The van der Waals surface area contributed by atoms with Crippen LogP contribution in [-0.2, 0) is 4.79 Å². The second-order valence-corrected chi connectivity index (χ2v) is 6.65. The van der Waals surface area contributed by atoms with Gasteiger partial charge in [0.25, 0.3) is 0 Å². The van der Waals surface area contributed by atoms with Crippen LogP contribution in [0.2, 0.25) is 0 Å². The van der Waals surface area contributed by atoms with Crippen LogP contribution in [0.25, 0.3) is 0 Å². The van der Waals surface area contributed by atoms with Gasteiger partial charge in [-0.25, -0.2) is 0 Å². The van der Waals surface area contributed by atoms with E-state index in [0.29, 0.717) is 6.54 Å². The number of carbonyl (C=O) groups is 1. The van der Waals surface area contributed by atoms with Crippen molar-refractivity contribution in [2.24, 2.45) is 5.92 Å². The SMILES string of the molecule is CC(C)N(O)CCCCCNC(=O)C1CCCCCCC1. The fraction of sp³-hybridized carbons (Fsp3) is 0.941. The Hall–Kier alpha value is -0.610. The van der Waals surface area contributed by atoms with Crippen molar-refractivity contribution in [2.75, 3.05) is 13.1 Å². The number of hydrogen-bond acceptors (Lipinski definition) is 3. The van der Waals surface area contributed by atoms with Gasteiger partial charge in [0.2, 0.25) is 5.91 Å². The van der Waals surface area contributed by atoms with Gasteiger partial charge in [-0.2, -0.15) is 5.06 Å². The van der Waals surface area contributed by atoms with E-state index in [2.05, 4.69) is 5.32 Å². The molecule has 0 spiro atoms. The van der Waals surface area contributed by atoms with Crippen LogP contribution in [0, 0.1) is 5.92 Å². The smallest absolute Gasteiger partial charge is 0.223 e. The molecule has 1 aliphatic rings. The van der Waals surface area contributed by atoms with Crippen molar-refractivity contribution < 1.29 is 10.0 Å². The predicted octanol–water partition coefficient (Wildman–Crippen LogP) is 3.73. The van der Waals surface area contributed by atoms with Crippen LogP contribution in [-0.4, -0.2) is 35.3 Å². The van der Waals surface area contributed by atoms with Crippen LogP contribution >= 0.6 is 0 Å². The minimum Gasteiger partial charge on any atom is -0.356 e. The summed E-state index contributed by atoms with van der Waals surface area (Å²) in [5, 5.41) is 14.0. The molecule has 1 amide bonds. The molecule has 0 heterocycles. The highest BCUT2D eigenvalue weighted by Crippen LogP contribution is 2.22. The summed E-state index contributed by atoms with van der Waals surface area (Å²) < 4.78 is 0. The average Bonchev–Trinajstić information content (AvgIpc) is 2.41. The fourth-order valence-corrected chi connectivity index (χ4v) is 2.91. The molecule has 0 saturated heterocycles. The van der Waals surface area contributed by atoms with E-state index in [4.69, 9.17) is 0 Å². The van der Waals surface area contributed by atoms with Crippen LogP contribution < -0.4 is 5.32 Å². The minimum absolute atomic E-state index is 0.184. The van der Waals surface area contributed by atoms with Crippen LogP contribution in [0.3, 0.4) is 0 Å². The van der Waals surface area contributed by atoms with E-state index in [1.165, 1.54) is 37.2 Å². The highest BCUT2D eigenvalue weighted by atomic mass is 16.5. The third-order valence-corrected chi connectivity index (χ3v) is 4.44. The number of nitrogens with one attached hydrogen (secondary N) is 1. The highest BCUT2D eigenvalue weighted by Gasteiger charge is 2.18. The monoisotopic (exact) mass is 298 g/mol. The molecule has 0 bridgehead atoms. The molecule has 4 nitrogen and oxygen atoms in total. The van der Waals surface area contributed by atoms with Gasteiger partial charge >= 0.3 is 0 Å². The Morgan fingerprint density at radius 1 is 1.10 bits per heavy atom. The van der Waals surface area contributed by atoms with Crippen molar-refractivity contribution in [2.45, 2.75) is 84.1 Å². The summed E-state index contributed by atoms with van der Waals surface area (Å²) in [4.78, 5) is 12.1. The largest absolute Gasteiger partial charge is 0.356 e. The van der Waals surface area contributed by atoms with E-state index >= 15 is 0 Å². The summed E-state index contributed by atoms with van der Waals surface area (Å²) in [6, 6.07) is 0.184. The van der Waals surface area contributed by atoms with Crippen molar-refractivity contribution in [1.82, 2.24) is 10.4 Å². The molecule has 21 heavy (non-hydrogen) atoms. The van der Waals surface area contributed by atoms with Gasteiger partial charge in [-0.05, 0) is 39.5 Å². The van der Waals surface area contributed by atoms with E-state index in [-0.39, 0.29) is 17.9 Å². The van der Waals surface area contributed by atoms with Gasteiger partial charge < -0.3 is 10.5 Å². The molecule has 0 aromatic heterocycles. The number of hydrogen-bond donors (Lipinski definition) is 2. The Labute approximate surface area is 130 Å². The van der Waals surface area contributed by atoms with Gasteiger partial charge in [0.05, 0.1) is 0 Å². The lowest BCUT2D eigenvalue weighted by molar-refractivity contribution is -0.125. The summed E-state index contributed by atoms with van der Waals surface area (Å²) in [6.45, 7) is 5.46. The molecule has 4 heteroatoms. The maximum atomic E-state index is 12.1. The molecule has 1 fully saturated rings. The molecule has 0 aliphatic heterocycles. The number of rotatable bonds is 8. The third kappa shape index (κ3) is 8.42. The molecule has 0 unspecified atom stereocenters. The Kier molecular flexibility index (Phi) is 9.68. The van der Waals surface area contributed by atoms with Crippen molar-refractivity contribution in [3.63, 3.8) is 0 Å². The molecular formula is C17H34N2O2. The van der Waals surface area contributed by atoms with Crippen molar-refractivity contribution >= 4 is 5.91 Å². The number of amides is 1. The number of nitrogens with zero attached hydrogens (tertiary/aromatic N) is 1. The molecule has 1 saturated carbocycles. The van der Waals surface area contributed by atoms with Crippen LogP contribution in [0.1, 0.15) is 78.1 Å². The first-order chi connectivity index (χ1) is 10.1. The molecule has 0 aromatic carbocycles. The van der Waals surface area contributed by atoms with Gasteiger partial charge in [0, 0.05) is 25.0 Å². The molecule has 1 rings (SSSR count). The Balaban J connectivity index is 2.04. The van der Waals surface area contributed by atoms with Crippen LogP contribution in [0.5, 0.6) is 0 Å². The summed E-state index contributed by atoms with van der Waals surface area (Å²) in [6.07, 6.45) is 11.5. The van der Waals surface area contributed by atoms with Gasteiger partial charge in [-0.15, -0.1) is 0 Å². The Morgan fingerprint density at radius 2 is 1.71 bits per heavy atom. The molecule has 1 aliphatic carbocycles. The second kappa shape index (κ2) is 11.0. The number of carbonyl (C=O) groups excluding carboxylic acids is 1. The van der Waals surface area contributed by atoms with Crippen molar-refractivity contribution in [3.8, 4) is 0 Å². The lowest BCUT2D eigenvalue weighted by Crippen LogP contribution is -2.32. The maximum Gasteiger partial charge on any atom is 0.223 e. The molecule has 2 N–H and O–H groups in total. The van der Waals surface area contributed by atoms with Gasteiger partial charge in [-0.3, -0.25) is 4.79 Å². The topological polar surface area (TPSA) is 52.6 Å². The summed E-state index contributed by atoms with van der Waals surface area (Å²) >= 11 is 0. The predicted molar refractivity (Wildman–Crippen MR) is 86.3 cm³/mol. The summed E-state index contributed by atoms with van der Waals surface area (Å²) in [7, 11) is 0. The van der Waals surface area contributed by atoms with E-state index < -0.39 is 0 Å². The first-order valence-electron chi connectivity index (χ1n) is 8.84. The molecule has 0 radical (unpaired) electrons. The van der Waals surface area contributed by atoms with Crippen LogP contribution in [0.15, 0.2) is 0 Å². The average molecular weight is 298 g/mol. The normalized spacial score (nSPS) is 17.8.